The molecule has 3 heteroatoms. The number of halogens is 1. The van der Waals surface area contributed by atoms with E-state index in [2.05, 4.69) is 22.9 Å². The Morgan fingerprint density at radius 3 is 2.82 bits per heavy atom. The first-order valence-electron chi connectivity index (χ1n) is 6.61. The first kappa shape index (κ1) is 12.8. The molecule has 1 aromatic rings. The van der Waals surface area contributed by atoms with E-state index in [-0.39, 0.29) is 0 Å². The highest BCUT2D eigenvalue weighted by atomic mass is 35.5. The maximum absolute atomic E-state index is 6.08. The van der Waals surface area contributed by atoms with Crippen molar-refractivity contribution in [3.8, 4) is 0 Å². The Bertz CT molecular complexity index is 346. The predicted molar refractivity (Wildman–Crippen MR) is 72.2 cm³/mol. The molecule has 0 bridgehead atoms. The molecule has 0 spiro atoms. The number of aromatic nitrogens is 1. The molecule has 1 aliphatic heterocycles. The molecular formula is C14H21ClN2. The van der Waals surface area contributed by atoms with Gasteiger partial charge < -0.3 is 0 Å². The molecule has 17 heavy (non-hydrogen) atoms. The van der Waals surface area contributed by atoms with Crippen LogP contribution in [0.5, 0.6) is 0 Å². The van der Waals surface area contributed by atoms with Crippen molar-refractivity contribution in [1.82, 2.24) is 9.88 Å². The SMILES string of the molecule is CCCC1CCN(Cc2cccnc2Cl)CC1. The Hall–Kier alpha value is -0.600. The molecule has 1 aromatic heterocycles. The minimum atomic E-state index is 0.656. The van der Waals surface area contributed by atoms with Crippen molar-refractivity contribution in [1.29, 1.82) is 0 Å². The van der Waals surface area contributed by atoms with Crippen molar-refractivity contribution in [2.45, 2.75) is 39.2 Å². The van der Waals surface area contributed by atoms with E-state index >= 15 is 0 Å². The van der Waals surface area contributed by atoms with Gasteiger partial charge in [0.25, 0.3) is 0 Å². The molecule has 2 rings (SSSR count). The molecular weight excluding hydrogens is 232 g/mol. The third-order valence-electron chi connectivity index (χ3n) is 3.63. The fraction of sp³-hybridized carbons (Fsp3) is 0.643. The van der Waals surface area contributed by atoms with Gasteiger partial charge >= 0.3 is 0 Å². The third-order valence-corrected chi connectivity index (χ3v) is 3.97. The maximum atomic E-state index is 6.08. The van der Waals surface area contributed by atoms with E-state index in [0.29, 0.717) is 5.15 Å². The van der Waals surface area contributed by atoms with E-state index in [4.69, 9.17) is 11.6 Å². The summed E-state index contributed by atoms with van der Waals surface area (Å²) < 4.78 is 0. The summed E-state index contributed by atoms with van der Waals surface area (Å²) in [5, 5.41) is 0.656. The normalized spacial score (nSPS) is 18.5. The lowest BCUT2D eigenvalue weighted by Crippen LogP contribution is -2.33. The lowest BCUT2D eigenvalue weighted by atomic mass is 9.92. The molecule has 0 unspecified atom stereocenters. The summed E-state index contributed by atoms with van der Waals surface area (Å²) >= 11 is 6.08. The minimum Gasteiger partial charge on any atom is -0.299 e. The quantitative estimate of drug-likeness (QED) is 0.759. The number of hydrogen-bond acceptors (Lipinski definition) is 2. The number of nitrogens with zero attached hydrogens (tertiary/aromatic N) is 2. The van der Waals surface area contributed by atoms with Crippen LogP contribution in [-0.2, 0) is 6.54 Å². The maximum Gasteiger partial charge on any atom is 0.133 e. The zero-order valence-electron chi connectivity index (χ0n) is 10.5. The Kier molecular flexibility index (Phi) is 4.81. The highest BCUT2D eigenvalue weighted by molar-refractivity contribution is 6.30. The fourth-order valence-corrected chi connectivity index (χ4v) is 2.80. The van der Waals surface area contributed by atoms with Gasteiger partial charge in [-0.2, -0.15) is 0 Å². The number of likely N-dealkylation sites (tertiary alicyclic amines) is 1. The van der Waals surface area contributed by atoms with Crippen molar-refractivity contribution >= 4 is 11.6 Å². The van der Waals surface area contributed by atoms with Crippen LogP contribution in [0, 0.1) is 5.92 Å². The van der Waals surface area contributed by atoms with Crippen molar-refractivity contribution in [2.75, 3.05) is 13.1 Å². The molecule has 1 fully saturated rings. The first-order chi connectivity index (χ1) is 8.29. The van der Waals surface area contributed by atoms with Gasteiger partial charge in [0.2, 0.25) is 0 Å². The van der Waals surface area contributed by atoms with Gasteiger partial charge in [-0.1, -0.05) is 37.4 Å². The second-order valence-electron chi connectivity index (χ2n) is 4.96. The van der Waals surface area contributed by atoms with E-state index in [1.807, 2.05) is 6.07 Å². The fourth-order valence-electron chi connectivity index (χ4n) is 2.62. The highest BCUT2D eigenvalue weighted by Crippen LogP contribution is 2.23. The third kappa shape index (κ3) is 3.68. The van der Waals surface area contributed by atoms with Gasteiger partial charge in [-0.05, 0) is 37.9 Å². The number of pyridine rings is 1. The lowest BCUT2D eigenvalue weighted by molar-refractivity contribution is 0.171. The van der Waals surface area contributed by atoms with E-state index in [1.165, 1.54) is 38.8 Å². The Morgan fingerprint density at radius 2 is 2.18 bits per heavy atom. The van der Waals surface area contributed by atoms with Gasteiger partial charge in [0.05, 0.1) is 0 Å². The van der Waals surface area contributed by atoms with Crippen LogP contribution >= 0.6 is 11.6 Å². The first-order valence-corrected chi connectivity index (χ1v) is 6.99. The zero-order chi connectivity index (χ0) is 12.1. The predicted octanol–water partition coefficient (Wildman–Crippen LogP) is 3.75. The van der Waals surface area contributed by atoms with Crippen LogP contribution in [0.1, 0.15) is 38.2 Å². The van der Waals surface area contributed by atoms with Crippen LogP contribution in [0.3, 0.4) is 0 Å². The van der Waals surface area contributed by atoms with E-state index in [9.17, 15) is 0 Å². The minimum absolute atomic E-state index is 0.656. The van der Waals surface area contributed by atoms with E-state index in [0.717, 1.165) is 18.0 Å². The Balaban J connectivity index is 1.84. The molecule has 2 nitrogen and oxygen atoms in total. The topological polar surface area (TPSA) is 16.1 Å². The van der Waals surface area contributed by atoms with E-state index < -0.39 is 0 Å². The molecule has 1 aliphatic rings. The van der Waals surface area contributed by atoms with Gasteiger partial charge in [-0.15, -0.1) is 0 Å². The lowest BCUT2D eigenvalue weighted by Gasteiger charge is -2.31. The van der Waals surface area contributed by atoms with Crippen molar-refractivity contribution in [3.05, 3.63) is 29.0 Å². The van der Waals surface area contributed by atoms with Crippen LogP contribution in [-0.4, -0.2) is 23.0 Å². The molecule has 0 aromatic carbocycles. The van der Waals surface area contributed by atoms with Gasteiger partial charge in [0, 0.05) is 18.3 Å². The molecule has 1 saturated heterocycles. The standard InChI is InChI=1S/C14H21ClN2/c1-2-4-12-6-9-17(10-7-12)11-13-5-3-8-16-14(13)15/h3,5,8,12H,2,4,6-7,9-11H2,1H3. The molecule has 0 atom stereocenters. The van der Waals surface area contributed by atoms with Crippen molar-refractivity contribution in [3.63, 3.8) is 0 Å². The number of hydrogen-bond donors (Lipinski definition) is 0. The molecule has 0 aliphatic carbocycles. The highest BCUT2D eigenvalue weighted by Gasteiger charge is 2.19. The Morgan fingerprint density at radius 1 is 1.41 bits per heavy atom. The average Bonchev–Trinajstić information content (AvgIpc) is 2.35. The van der Waals surface area contributed by atoms with Gasteiger partial charge in [-0.25, -0.2) is 4.98 Å². The van der Waals surface area contributed by atoms with Gasteiger partial charge in [0.1, 0.15) is 5.15 Å². The molecule has 0 radical (unpaired) electrons. The summed E-state index contributed by atoms with van der Waals surface area (Å²) in [5.41, 5.74) is 1.16. The Labute approximate surface area is 109 Å². The second-order valence-corrected chi connectivity index (χ2v) is 5.32. The van der Waals surface area contributed by atoms with Crippen LogP contribution in [0.25, 0.3) is 0 Å². The molecule has 2 heterocycles. The monoisotopic (exact) mass is 252 g/mol. The number of rotatable bonds is 4. The summed E-state index contributed by atoms with van der Waals surface area (Å²) in [4.78, 5) is 6.62. The van der Waals surface area contributed by atoms with Crippen LogP contribution in [0.15, 0.2) is 18.3 Å². The molecule has 0 amide bonds. The van der Waals surface area contributed by atoms with Crippen LogP contribution < -0.4 is 0 Å². The second kappa shape index (κ2) is 6.36. The number of piperidine rings is 1. The molecule has 94 valence electrons. The summed E-state index contributed by atoms with van der Waals surface area (Å²) in [5.74, 6) is 0.945. The van der Waals surface area contributed by atoms with Crippen LogP contribution in [0.2, 0.25) is 5.15 Å². The average molecular weight is 253 g/mol. The largest absolute Gasteiger partial charge is 0.299 e. The molecule has 0 N–H and O–H groups in total. The van der Waals surface area contributed by atoms with Crippen molar-refractivity contribution in [2.24, 2.45) is 5.92 Å². The van der Waals surface area contributed by atoms with Gasteiger partial charge in [0.15, 0.2) is 0 Å². The van der Waals surface area contributed by atoms with Crippen molar-refractivity contribution < 1.29 is 0 Å². The zero-order valence-corrected chi connectivity index (χ0v) is 11.3. The summed E-state index contributed by atoms with van der Waals surface area (Å²) in [6.45, 7) is 5.64. The van der Waals surface area contributed by atoms with E-state index in [1.54, 1.807) is 6.20 Å². The summed E-state index contributed by atoms with van der Waals surface area (Å²) in [6.07, 6.45) is 7.14. The summed E-state index contributed by atoms with van der Waals surface area (Å²) in [6, 6.07) is 4.04. The smallest absolute Gasteiger partial charge is 0.133 e. The van der Waals surface area contributed by atoms with Gasteiger partial charge in [-0.3, -0.25) is 4.90 Å². The summed E-state index contributed by atoms with van der Waals surface area (Å²) in [7, 11) is 0. The van der Waals surface area contributed by atoms with Crippen LogP contribution in [0.4, 0.5) is 0 Å². The molecule has 0 saturated carbocycles.